The molecule has 8 heteroatoms. The normalized spacial score (nSPS) is 16.2. The molecule has 1 fully saturated rings. The number of carboxylic acids is 1. The summed E-state index contributed by atoms with van der Waals surface area (Å²) in [5.74, 6) is -1.02. The zero-order valence-electron chi connectivity index (χ0n) is 15.3. The van der Waals surface area contributed by atoms with Gasteiger partial charge in [0, 0.05) is 13.1 Å². The number of halogens is 1. The maximum absolute atomic E-state index is 13.0. The van der Waals surface area contributed by atoms with Gasteiger partial charge < -0.3 is 14.7 Å². The fraction of sp³-hybridized carbons (Fsp3) is 0.421. The second-order valence-corrected chi connectivity index (χ2v) is 6.66. The number of nitrogens with zero attached hydrogens (tertiary/aromatic N) is 3. The predicted molar refractivity (Wildman–Crippen MR) is 95.3 cm³/mol. The van der Waals surface area contributed by atoms with E-state index >= 15 is 0 Å². The minimum absolute atomic E-state index is 0.0653. The number of rotatable bonds is 5. The Morgan fingerprint density at radius 2 is 1.89 bits per heavy atom. The summed E-state index contributed by atoms with van der Waals surface area (Å²) >= 11 is 0. The highest BCUT2D eigenvalue weighted by molar-refractivity contribution is 5.88. The largest absolute Gasteiger partial charge is 0.481 e. The highest BCUT2D eigenvalue weighted by Gasteiger charge is 2.29. The van der Waals surface area contributed by atoms with Crippen LogP contribution in [0.3, 0.4) is 0 Å². The lowest BCUT2D eigenvalue weighted by Gasteiger charge is -2.34. The van der Waals surface area contributed by atoms with Gasteiger partial charge in [-0.1, -0.05) is 0 Å². The molecule has 1 aliphatic heterocycles. The number of aromatic nitrogens is 2. The third-order valence-electron chi connectivity index (χ3n) is 4.87. The van der Waals surface area contributed by atoms with Gasteiger partial charge in [0.05, 0.1) is 17.9 Å². The maximum Gasteiger partial charge on any atom is 0.339 e. The third kappa shape index (κ3) is 4.10. The number of amides is 1. The molecule has 1 aromatic heterocycles. The Morgan fingerprint density at radius 1 is 1.26 bits per heavy atom. The number of carbonyl (C=O) groups is 2. The van der Waals surface area contributed by atoms with Crippen LogP contribution >= 0.6 is 0 Å². The fourth-order valence-corrected chi connectivity index (χ4v) is 3.36. The van der Waals surface area contributed by atoms with Crippen LogP contribution in [0.4, 0.5) is 4.39 Å². The number of piperidine rings is 1. The molecule has 0 aliphatic carbocycles. The Hall–Kier alpha value is -2.90. The van der Waals surface area contributed by atoms with Crippen molar-refractivity contribution < 1.29 is 23.8 Å². The summed E-state index contributed by atoms with van der Waals surface area (Å²) in [5, 5.41) is 13.4. The molecule has 144 valence electrons. The molecule has 0 saturated carbocycles. The van der Waals surface area contributed by atoms with Gasteiger partial charge in [-0.15, -0.1) is 0 Å². The first-order chi connectivity index (χ1) is 12.9. The summed E-state index contributed by atoms with van der Waals surface area (Å²) in [7, 11) is 0. The molecular formula is C19H22FN3O4. The molecule has 1 aromatic carbocycles. The number of ether oxygens (including phenoxy) is 1. The molecule has 2 heterocycles. The summed E-state index contributed by atoms with van der Waals surface area (Å²) in [4.78, 5) is 25.5. The average molecular weight is 375 g/mol. The molecule has 7 nitrogen and oxygen atoms in total. The second kappa shape index (κ2) is 7.77. The number of aromatic carboxylic acids is 1. The molecule has 2 aromatic rings. The van der Waals surface area contributed by atoms with Crippen LogP contribution < -0.4 is 4.74 Å². The van der Waals surface area contributed by atoms with E-state index in [4.69, 9.17) is 9.84 Å². The van der Waals surface area contributed by atoms with Gasteiger partial charge in [0.1, 0.15) is 17.1 Å². The van der Waals surface area contributed by atoms with Crippen molar-refractivity contribution in [2.24, 2.45) is 0 Å². The Labute approximate surface area is 156 Å². The van der Waals surface area contributed by atoms with Crippen molar-refractivity contribution >= 4 is 11.9 Å². The molecular weight excluding hydrogens is 353 g/mol. The van der Waals surface area contributed by atoms with E-state index in [0.717, 1.165) is 0 Å². The van der Waals surface area contributed by atoms with E-state index in [1.165, 1.54) is 30.5 Å². The summed E-state index contributed by atoms with van der Waals surface area (Å²) in [6.45, 7) is 4.51. The SMILES string of the molecule is Cc1c(C(=O)O)cnn1C1CCN(C(=O)C(C)Oc2ccc(F)cc2)CC1. The number of hydrogen-bond acceptors (Lipinski definition) is 4. The molecule has 3 rings (SSSR count). The van der Waals surface area contributed by atoms with E-state index in [0.29, 0.717) is 37.4 Å². The van der Waals surface area contributed by atoms with E-state index in [2.05, 4.69) is 5.10 Å². The van der Waals surface area contributed by atoms with Crippen LogP contribution in [0.15, 0.2) is 30.5 Å². The Bertz CT molecular complexity index is 826. The van der Waals surface area contributed by atoms with Crippen molar-refractivity contribution in [2.75, 3.05) is 13.1 Å². The monoisotopic (exact) mass is 375 g/mol. The van der Waals surface area contributed by atoms with Crippen LogP contribution in [-0.2, 0) is 4.79 Å². The summed E-state index contributed by atoms with van der Waals surface area (Å²) in [5.41, 5.74) is 0.829. The van der Waals surface area contributed by atoms with Crippen LogP contribution in [0.5, 0.6) is 5.75 Å². The number of carbonyl (C=O) groups excluding carboxylic acids is 1. The van der Waals surface area contributed by atoms with Gasteiger partial charge in [0.2, 0.25) is 0 Å². The standard InChI is InChI=1S/C19H22FN3O4/c1-12-17(19(25)26)11-21-23(12)15-7-9-22(10-8-15)18(24)13(2)27-16-5-3-14(20)4-6-16/h3-6,11,13,15H,7-10H2,1-2H3,(H,25,26). The quantitative estimate of drug-likeness (QED) is 0.869. The Morgan fingerprint density at radius 3 is 2.44 bits per heavy atom. The summed E-state index contributed by atoms with van der Waals surface area (Å²) < 4.78 is 20.3. The van der Waals surface area contributed by atoms with Gasteiger partial charge in [0.15, 0.2) is 6.10 Å². The van der Waals surface area contributed by atoms with Crippen molar-refractivity contribution in [3.05, 3.63) is 47.5 Å². The van der Waals surface area contributed by atoms with Crippen molar-refractivity contribution in [1.82, 2.24) is 14.7 Å². The molecule has 1 amide bonds. The topological polar surface area (TPSA) is 84.7 Å². The zero-order valence-corrected chi connectivity index (χ0v) is 15.3. The van der Waals surface area contributed by atoms with Crippen LogP contribution in [0.25, 0.3) is 0 Å². The molecule has 0 bridgehead atoms. The molecule has 0 radical (unpaired) electrons. The van der Waals surface area contributed by atoms with Crippen molar-refractivity contribution in [2.45, 2.75) is 38.8 Å². The molecule has 1 saturated heterocycles. The van der Waals surface area contributed by atoms with Gasteiger partial charge in [0.25, 0.3) is 5.91 Å². The fourth-order valence-electron chi connectivity index (χ4n) is 3.36. The van der Waals surface area contributed by atoms with Crippen LogP contribution in [0.1, 0.15) is 41.9 Å². The number of carboxylic acid groups (broad SMARTS) is 1. The molecule has 1 unspecified atom stereocenters. The van der Waals surface area contributed by atoms with Gasteiger partial charge in [-0.2, -0.15) is 5.10 Å². The Balaban J connectivity index is 1.57. The van der Waals surface area contributed by atoms with Crippen LogP contribution in [-0.4, -0.2) is 50.9 Å². The van der Waals surface area contributed by atoms with Gasteiger partial charge in [-0.05, 0) is 51.0 Å². The average Bonchev–Trinajstić information content (AvgIpc) is 3.05. The first kappa shape index (κ1) is 18.9. The summed E-state index contributed by atoms with van der Waals surface area (Å²) in [6.07, 6.45) is 2.08. The van der Waals surface area contributed by atoms with Crippen molar-refractivity contribution in [3.63, 3.8) is 0 Å². The first-order valence-electron chi connectivity index (χ1n) is 8.85. The predicted octanol–water partition coefficient (Wildman–Crippen LogP) is 2.66. The highest BCUT2D eigenvalue weighted by atomic mass is 19.1. The first-order valence-corrected chi connectivity index (χ1v) is 8.85. The minimum atomic E-state index is -0.988. The van der Waals surface area contributed by atoms with Gasteiger partial charge in [-0.3, -0.25) is 9.48 Å². The lowest BCUT2D eigenvalue weighted by Crippen LogP contribution is -2.45. The smallest absolute Gasteiger partial charge is 0.339 e. The van der Waals surface area contributed by atoms with Gasteiger partial charge in [-0.25, -0.2) is 9.18 Å². The van der Waals surface area contributed by atoms with Crippen molar-refractivity contribution in [3.8, 4) is 5.75 Å². The van der Waals surface area contributed by atoms with E-state index < -0.39 is 12.1 Å². The molecule has 1 aliphatic rings. The Kier molecular flexibility index (Phi) is 5.43. The maximum atomic E-state index is 13.0. The zero-order chi connectivity index (χ0) is 19.6. The van der Waals surface area contributed by atoms with Crippen LogP contribution in [0, 0.1) is 12.7 Å². The lowest BCUT2D eigenvalue weighted by molar-refractivity contribution is -0.139. The van der Waals surface area contributed by atoms with Gasteiger partial charge >= 0.3 is 5.97 Å². The number of benzene rings is 1. The van der Waals surface area contributed by atoms with E-state index in [1.54, 1.807) is 23.4 Å². The second-order valence-electron chi connectivity index (χ2n) is 6.66. The molecule has 27 heavy (non-hydrogen) atoms. The van der Waals surface area contributed by atoms with E-state index in [1.807, 2.05) is 0 Å². The highest BCUT2D eigenvalue weighted by Crippen LogP contribution is 2.25. The number of hydrogen-bond donors (Lipinski definition) is 1. The molecule has 0 spiro atoms. The summed E-state index contributed by atoms with van der Waals surface area (Å²) in [6, 6.07) is 5.62. The van der Waals surface area contributed by atoms with Crippen molar-refractivity contribution in [1.29, 1.82) is 0 Å². The third-order valence-corrected chi connectivity index (χ3v) is 4.87. The minimum Gasteiger partial charge on any atom is -0.481 e. The lowest BCUT2D eigenvalue weighted by atomic mass is 10.0. The van der Waals surface area contributed by atoms with Crippen LogP contribution in [0.2, 0.25) is 0 Å². The van der Waals surface area contributed by atoms with E-state index in [-0.39, 0.29) is 23.3 Å². The number of likely N-dealkylation sites (tertiary alicyclic amines) is 1. The molecule has 1 N–H and O–H groups in total. The van der Waals surface area contributed by atoms with E-state index in [9.17, 15) is 14.0 Å². The molecule has 1 atom stereocenters.